The first-order valence-electron chi connectivity index (χ1n) is 7.71. The zero-order valence-electron chi connectivity index (χ0n) is 13.1. The molecule has 1 aliphatic heterocycles. The lowest BCUT2D eigenvalue weighted by Crippen LogP contribution is -2.24. The number of rotatable bonds is 2. The lowest BCUT2D eigenvalue weighted by Gasteiger charge is -2.27. The molecular formula is C18H16F3N3. The molecule has 3 nitrogen and oxygen atoms in total. The molecular weight excluding hydrogens is 315 g/mol. The number of anilines is 1. The number of aryl methyl sites for hydroxylation is 1. The highest BCUT2D eigenvalue weighted by atomic mass is 19.4. The van der Waals surface area contributed by atoms with Gasteiger partial charge in [-0.1, -0.05) is 6.07 Å². The third kappa shape index (κ3) is 3.07. The first-order chi connectivity index (χ1) is 11.4. The summed E-state index contributed by atoms with van der Waals surface area (Å²) in [6.45, 7) is 2.57. The molecule has 1 fully saturated rings. The Morgan fingerprint density at radius 3 is 2.71 bits per heavy atom. The predicted octanol–water partition coefficient (Wildman–Crippen LogP) is 4.62. The molecule has 1 saturated heterocycles. The van der Waals surface area contributed by atoms with E-state index in [1.807, 2.05) is 30.0 Å². The zero-order valence-corrected chi connectivity index (χ0v) is 13.1. The minimum absolute atomic E-state index is 0.0427. The van der Waals surface area contributed by atoms with Gasteiger partial charge in [-0.15, -0.1) is 0 Å². The van der Waals surface area contributed by atoms with E-state index in [9.17, 15) is 13.2 Å². The van der Waals surface area contributed by atoms with Gasteiger partial charge in [-0.25, -0.2) is 0 Å². The van der Waals surface area contributed by atoms with E-state index >= 15 is 0 Å². The van der Waals surface area contributed by atoms with Crippen LogP contribution in [-0.2, 0) is 6.18 Å². The summed E-state index contributed by atoms with van der Waals surface area (Å²) >= 11 is 0. The fourth-order valence-electron chi connectivity index (χ4n) is 3.18. The highest BCUT2D eigenvalue weighted by molar-refractivity contribution is 5.56. The number of pyridine rings is 1. The van der Waals surface area contributed by atoms with Crippen molar-refractivity contribution >= 4 is 5.69 Å². The Balaban J connectivity index is 2.00. The molecule has 0 N–H and O–H groups in total. The van der Waals surface area contributed by atoms with Crippen LogP contribution < -0.4 is 4.90 Å². The second-order valence-electron chi connectivity index (χ2n) is 5.89. The fraction of sp³-hybridized carbons (Fsp3) is 0.333. The number of benzene rings is 1. The van der Waals surface area contributed by atoms with E-state index < -0.39 is 11.7 Å². The largest absolute Gasteiger partial charge is 0.417 e. The Morgan fingerprint density at radius 1 is 1.25 bits per heavy atom. The van der Waals surface area contributed by atoms with E-state index in [1.54, 1.807) is 12.1 Å². The van der Waals surface area contributed by atoms with E-state index in [-0.39, 0.29) is 11.6 Å². The van der Waals surface area contributed by atoms with Gasteiger partial charge in [0.1, 0.15) is 0 Å². The second kappa shape index (κ2) is 6.16. The average molecular weight is 331 g/mol. The molecule has 0 aliphatic carbocycles. The van der Waals surface area contributed by atoms with E-state index in [0.717, 1.165) is 30.3 Å². The van der Waals surface area contributed by atoms with E-state index in [2.05, 4.69) is 4.98 Å². The van der Waals surface area contributed by atoms with Gasteiger partial charge in [-0.3, -0.25) is 4.98 Å². The van der Waals surface area contributed by atoms with Crippen molar-refractivity contribution in [2.75, 3.05) is 11.4 Å². The van der Waals surface area contributed by atoms with Crippen molar-refractivity contribution < 1.29 is 13.2 Å². The second-order valence-corrected chi connectivity index (χ2v) is 5.89. The molecule has 1 aromatic heterocycles. The van der Waals surface area contributed by atoms with E-state index in [1.165, 1.54) is 6.07 Å². The molecule has 0 bridgehead atoms. The summed E-state index contributed by atoms with van der Waals surface area (Å²) in [4.78, 5) is 6.46. The summed E-state index contributed by atoms with van der Waals surface area (Å²) in [5.74, 6) is 0. The van der Waals surface area contributed by atoms with Crippen molar-refractivity contribution in [2.24, 2.45) is 0 Å². The maximum absolute atomic E-state index is 13.2. The van der Waals surface area contributed by atoms with Crippen molar-refractivity contribution in [2.45, 2.75) is 32.0 Å². The number of halogens is 3. The number of aromatic nitrogens is 1. The Kier molecular flexibility index (Phi) is 4.18. The molecule has 2 aromatic rings. The predicted molar refractivity (Wildman–Crippen MR) is 84.5 cm³/mol. The summed E-state index contributed by atoms with van der Waals surface area (Å²) in [5.41, 5.74) is 0.994. The van der Waals surface area contributed by atoms with Crippen molar-refractivity contribution in [1.29, 1.82) is 5.26 Å². The molecule has 0 radical (unpaired) electrons. The van der Waals surface area contributed by atoms with Crippen molar-refractivity contribution in [1.82, 2.24) is 4.98 Å². The maximum Gasteiger partial charge on any atom is 0.417 e. The molecule has 3 rings (SSSR count). The Hall–Kier alpha value is -2.55. The number of hydrogen-bond donors (Lipinski definition) is 0. The van der Waals surface area contributed by atoms with Crippen LogP contribution in [0.2, 0.25) is 0 Å². The minimum atomic E-state index is -4.54. The van der Waals surface area contributed by atoms with Crippen LogP contribution >= 0.6 is 0 Å². The number of nitrogens with zero attached hydrogens (tertiary/aromatic N) is 3. The highest BCUT2D eigenvalue weighted by Crippen LogP contribution is 2.39. The monoisotopic (exact) mass is 331 g/mol. The van der Waals surface area contributed by atoms with Crippen LogP contribution in [0.1, 0.15) is 41.4 Å². The summed E-state index contributed by atoms with van der Waals surface area (Å²) in [6, 6.07) is 11.2. The van der Waals surface area contributed by atoms with E-state index in [4.69, 9.17) is 5.26 Å². The van der Waals surface area contributed by atoms with Gasteiger partial charge < -0.3 is 4.90 Å². The van der Waals surface area contributed by atoms with Gasteiger partial charge in [0.2, 0.25) is 0 Å². The quantitative estimate of drug-likeness (QED) is 0.806. The van der Waals surface area contributed by atoms with Crippen LogP contribution in [0.3, 0.4) is 0 Å². The number of alkyl halides is 3. The third-order valence-electron chi connectivity index (χ3n) is 4.26. The zero-order chi connectivity index (χ0) is 17.3. The lowest BCUT2D eigenvalue weighted by atomic mass is 10.1. The molecule has 1 aliphatic rings. The first kappa shape index (κ1) is 16.3. The molecule has 1 atom stereocenters. The Morgan fingerprint density at radius 2 is 2.04 bits per heavy atom. The van der Waals surface area contributed by atoms with Gasteiger partial charge >= 0.3 is 6.18 Å². The molecule has 0 unspecified atom stereocenters. The van der Waals surface area contributed by atoms with Gasteiger partial charge in [0.25, 0.3) is 0 Å². The molecule has 24 heavy (non-hydrogen) atoms. The third-order valence-corrected chi connectivity index (χ3v) is 4.26. The SMILES string of the molecule is Cc1cccc([C@H]2CCCN2c2ccc(C#N)c(C(F)(F)F)c2)n1. The Bertz CT molecular complexity index is 793. The van der Waals surface area contributed by atoms with Crippen molar-refractivity contribution in [3.8, 4) is 6.07 Å². The van der Waals surface area contributed by atoms with Gasteiger partial charge in [0.05, 0.1) is 28.9 Å². The number of nitriles is 1. The lowest BCUT2D eigenvalue weighted by molar-refractivity contribution is -0.137. The smallest absolute Gasteiger partial charge is 0.363 e. The summed E-state index contributed by atoms with van der Waals surface area (Å²) in [6.07, 6.45) is -2.81. The van der Waals surface area contributed by atoms with Crippen LogP contribution in [0.15, 0.2) is 36.4 Å². The highest BCUT2D eigenvalue weighted by Gasteiger charge is 2.35. The topological polar surface area (TPSA) is 39.9 Å². The molecule has 124 valence electrons. The van der Waals surface area contributed by atoms with Gasteiger partial charge in [-0.2, -0.15) is 18.4 Å². The van der Waals surface area contributed by atoms with Crippen molar-refractivity contribution in [3.63, 3.8) is 0 Å². The van der Waals surface area contributed by atoms with Crippen LogP contribution in [0.4, 0.5) is 18.9 Å². The first-order valence-corrected chi connectivity index (χ1v) is 7.71. The molecule has 0 spiro atoms. The summed E-state index contributed by atoms with van der Waals surface area (Å²) in [5, 5.41) is 8.92. The van der Waals surface area contributed by atoms with Crippen LogP contribution in [0.25, 0.3) is 0 Å². The molecule has 2 heterocycles. The van der Waals surface area contributed by atoms with Gasteiger partial charge in [0, 0.05) is 17.9 Å². The van der Waals surface area contributed by atoms with Gasteiger partial charge in [0.15, 0.2) is 0 Å². The normalized spacial score (nSPS) is 17.8. The minimum Gasteiger partial charge on any atom is -0.363 e. The molecule has 0 saturated carbocycles. The molecule has 1 aromatic carbocycles. The standard InChI is InChI=1S/C18H16F3N3/c1-12-4-2-5-16(23-12)17-6-3-9-24(17)14-8-7-13(11-22)15(10-14)18(19,20)21/h2,4-5,7-8,10,17H,3,6,9H2,1H3/t17-/m1/s1. The van der Waals surface area contributed by atoms with Gasteiger partial charge in [-0.05, 0) is 50.1 Å². The summed E-state index contributed by atoms with van der Waals surface area (Å²) < 4.78 is 39.6. The fourth-order valence-corrected chi connectivity index (χ4v) is 3.18. The maximum atomic E-state index is 13.2. The van der Waals surface area contributed by atoms with E-state index in [0.29, 0.717) is 12.2 Å². The molecule has 6 heteroatoms. The summed E-state index contributed by atoms with van der Waals surface area (Å²) in [7, 11) is 0. The van der Waals surface area contributed by atoms with Crippen LogP contribution in [0, 0.1) is 18.3 Å². The molecule has 0 amide bonds. The number of hydrogen-bond acceptors (Lipinski definition) is 3. The van der Waals surface area contributed by atoms with Crippen LogP contribution in [-0.4, -0.2) is 11.5 Å². The van der Waals surface area contributed by atoms with Crippen LogP contribution in [0.5, 0.6) is 0 Å². The Labute approximate surface area is 138 Å². The van der Waals surface area contributed by atoms with Crippen molar-refractivity contribution in [3.05, 3.63) is 58.9 Å². The average Bonchev–Trinajstić information content (AvgIpc) is 3.03.